The molecule has 0 radical (unpaired) electrons. The molecular weight excluding hydrogens is 318 g/mol. The molecule has 1 N–H and O–H groups in total. The molecule has 2 heterocycles. The molecule has 0 aliphatic carbocycles. The van der Waals surface area contributed by atoms with Gasteiger partial charge in [0.2, 0.25) is 5.89 Å². The summed E-state index contributed by atoms with van der Waals surface area (Å²) in [5.41, 5.74) is 4.63. The molecular formula is C19H21N3O3. The van der Waals surface area contributed by atoms with Crippen LogP contribution in [-0.4, -0.2) is 48.0 Å². The average molecular weight is 339 g/mol. The van der Waals surface area contributed by atoms with E-state index < -0.39 is 0 Å². The summed E-state index contributed by atoms with van der Waals surface area (Å²) in [6.45, 7) is 5.60. The van der Waals surface area contributed by atoms with Crippen molar-refractivity contribution in [2.24, 2.45) is 0 Å². The fraction of sp³-hybridized carbons (Fsp3) is 0.263. The maximum atomic E-state index is 12.5. The minimum atomic E-state index is -0.0702. The molecule has 2 aromatic rings. The Balaban J connectivity index is 1.70. The van der Waals surface area contributed by atoms with E-state index in [1.807, 2.05) is 36.4 Å². The number of nitrogens with zero attached hydrogens (tertiary/aromatic N) is 2. The number of Topliss-reactive ketones (excluding diaryl/α,β-unsaturated/α-hetero) is 1. The molecule has 1 atom stereocenters. The molecule has 25 heavy (non-hydrogen) atoms. The van der Waals surface area contributed by atoms with Gasteiger partial charge < -0.3 is 4.42 Å². The minimum absolute atomic E-state index is 0.0702. The summed E-state index contributed by atoms with van der Waals surface area (Å²) in [6.07, 6.45) is 6.85. The lowest BCUT2D eigenvalue weighted by Crippen LogP contribution is -2.46. The summed E-state index contributed by atoms with van der Waals surface area (Å²) >= 11 is 0. The Morgan fingerprint density at radius 1 is 1.44 bits per heavy atom. The van der Waals surface area contributed by atoms with E-state index in [1.54, 1.807) is 18.5 Å². The number of hydroxylamine groups is 1. The van der Waals surface area contributed by atoms with Crippen LogP contribution in [0.3, 0.4) is 0 Å². The average Bonchev–Trinajstić information content (AvgIpc) is 3.17. The zero-order valence-electron chi connectivity index (χ0n) is 13.9. The van der Waals surface area contributed by atoms with Crippen molar-refractivity contribution in [2.75, 3.05) is 26.2 Å². The van der Waals surface area contributed by atoms with Gasteiger partial charge in [0.1, 0.15) is 6.26 Å². The number of rotatable bonds is 8. The summed E-state index contributed by atoms with van der Waals surface area (Å²) in [7, 11) is 0. The van der Waals surface area contributed by atoms with E-state index in [0.717, 1.165) is 5.57 Å². The van der Waals surface area contributed by atoms with Crippen LogP contribution in [0.5, 0.6) is 0 Å². The summed E-state index contributed by atoms with van der Waals surface area (Å²) in [5.74, 6) is 0.646. The quantitative estimate of drug-likeness (QED) is 0.345. The maximum Gasteiger partial charge on any atom is 0.222 e. The second-order valence-corrected chi connectivity index (χ2v) is 5.81. The second kappa shape index (κ2) is 8.53. The van der Waals surface area contributed by atoms with E-state index in [2.05, 4.69) is 21.9 Å². The van der Waals surface area contributed by atoms with E-state index in [-0.39, 0.29) is 11.8 Å². The maximum absolute atomic E-state index is 12.5. The highest BCUT2D eigenvalue weighted by Gasteiger charge is 2.25. The SMILES string of the molecule is C=CCONC1C=C(c2ncco2)CN(CC(=O)c2ccccc2)C1. The number of aromatic nitrogens is 1. The zero-order valence-corrected chi connectivity index (χ0v) is 13.9. The highest BCUT2D eigenvalue weighted by atomic mass is 16.6. The number of carbonyl (C=O) groups excluding carboxylic acids is 1. The molecule has 1 aromatic carbocycles. The van der Waals surface area contributed by atoms with E-state index in [4.69, 9.17) is 9.25 Å². The molecule has 0 spiro atoms. The standard InChI is InChI=1S/C19H21N3O3/c1-2-9-25-21-17-11-16(19-20-8-10-24-19)12-22(13-17)14-18(23)15-6-4-3-5-7-15/h2-8,10-11,17,21H,1,9,12-14H2. The highest BCUT2D eigenvalue weighted by molar-refractivity contribution is 5.97. The largest absolute Gasteiger partial charge is 0.445 e. The Morgan fingerprint density at radius 2 is 2.28 bits per heavy atom. The summed E-state index contributed by atoms with van der Waals surface area (Å²) in [4.78, 5) is 24.1. The highest BCUT2D eigenvalue weighted by Crippen LogP contribution is 2.20. The van der Waals surface area contributed by atoms with Crippen molar-refractivity contribution in [3.63, 3.8) is 0 Å². The van der Waals surface area contributed by atoms with Gasteiger partial charge in [0.15, 0.2) is 5.78 Å². The van der Waals surface area contributed by atoms with Crippen molar-refractivity contribution < 1.29 is 14.0 Å². The van der Waals surface area contributed by atoms with Crippen LogP contribution in [0.25, 0.3) is 5.57 Å². The van der Waals surface area contributed by atoms with E-state index in [9.17, 15) is 4.79 Å². The Hall–Kier alpha value is -2.54. The molecule has 3 rings (SSSR count). The van der Waals surface area contributed by atoms with Crippen molar-refractivity contribution in [3.05, 3.63) is 73.0 Å². The van der Waals surface area contributed by atoms with Gasteiger partial charge in [-0.15, -0.1) is 6.58 Å². The van der Waals surface area contributed by atoms with Crippen LogP contribution in [-0.2, 0) is 4.84 Å². The van der Waals surface area contributed by atoms with E-state index in [1.165, 1.54) is 0 Å². The Bertz CT molecular complexity index is 726. The fourth-order valence-corrected chi connectivity index (χ4v) is 2.78. The number of hydrogen-bond donors (Lipinski definition) is 1. The van der Waals surface area contributed by atoms with Gasteiger partial charge >= 0.3 is 0 Å². The van der Waals surface area contributed by atoms with Crippen LogP contribution in [0, 0.1) is 0 Å². The summed E-state index contributed by atoms with van der Waals surface area (Å²) < 4.78 is 5.41. The first-order valence-electron chi connectivity index (χ1n) is 8.15. The van der Waals surface area contributed by atoms with Crippen molar-refractivity contribution >= 4 is 11.4 Å². The summed E-state index contributed by atoms with van der Waals surface area (Å²) in [5, 5.41) is 0. The molecule has 0 saturated carbocycles. The van der Waals surface area contributed by atoms with Gasteiger partial charge in [-0.05, 0) is 0 Å². The van der Waals surface area contributed by atoms with Crippen LogP contribution < -0.4 is 5.48 Å². The van der Waals surface area contributed by atoms with Gasteiger partial charge in [-0.3, -0.25) is 14.5 Å². The van der Waals surface area contributed by atoms with Gasteiger partial charge in [0.05, 0.1) is 25.4 Å². The second-order valence-electron chi connectivity index (χ2n) is 5.81. The normalized spacial score (nSPS) is 17.9. The van der Waals surface area contributed by atoms with Gasteiger partial charge in [0.25, 0.3) is 0 Å². The third-order valence-corrected chi connectivity index (χ3v) is 3.86. The minimum Gasteiger partial charge on any atom is -0.445 e. The first-order chi connectivity index (χ1) is 12.3. The third kappa shape index (κ3) is 4.73. The van der Waals surface area contributed by atoms with Crippen molar-refractivity contribution in [1.29, 1.82) is 0 Å². The molecule has 0 saturated heterocycles. The third-order valence-electron chi connectivity index (χ3n) is 3.86. The van der Waals surface area contributed by atoms with Crippen LogP contribution in [0.15, 0.2) is 65.9 Å². The predicted molar refractivity (Wildman–Crippen MR) is 94.8 cm³/mol. The topological polar surface area (TPSA) is 67.6 Å². The first-order valence-corrected chi connectivity index (χ1v) is 8.15. The van der Waals surface area contributed by atoms with Gasteiger partial charge in [-0.25, -0.2) is 4.98 Å². The van der Waals surface area contributed by atoms with E-state index >= 15 is 0 Å². The first kappa shape index (κ1) is 17.3. The molecule has 0 amide bonds. The molecule has 6 heteroatoms. The lowest BCUT2D eigenvalue weighted by molar-refractivity contribution is 0.0356. The molecule has 6 nitrogen and oxygen atoms in total. The van der Waals surface area contributed by atoms with Crippen LogP contribution in [0.4, 0.5) is 0 Å². The molecule has 1 aliphatic heterocycles. The van der Waals surface area contributed by atoms with Crippen LogP contribution >= 0.6 is 0 Å². The van der Waals surface area contributed by atoms with Gasteiger partial charge in [0, 0.05) is 24.2 Å². The van der Waals surface area contributed by atoms with Crippen molar-refractivity contribution in [2.45, 2.75) is 6.04 Å². The Morgan fingerprint density at radius 3 is 3.00 bits per heavy atom. The number of ketones is 1. The predicted octanol–water partition coefficient (Wildman–Crippen LogP) is 2.33. The number of benzene rings is 1. The lowest BCUT2D eigenvalue weighted by Gasteiger charge is -2.31. The Labute approximate surface area is 146 Å². The van der Waals surface area contributed by atoms with Crippen LogP contribution in [0.1, 0.15) is 16.2 Å². The van der Waals surface area contributed by atoms with Crippen molar-refractivity contribution in [1.82, 2.24) is 15.4 Å². The number of carbonyl (C=O) groups is 1. The lowest BCUT2D eigenvalue weighted by atomic mass is 10.0. The monoisotopic (exact) mass is 339 g/mol. The number of hydrogen-bond acceptors (Lipinski definition) is 6. The molecule has 1 unspecified atom stereocenters. The molecule has 0 bridgehead atoms. The summed E-state index contributed by atoms with van der Waals surface area (Å²) in [6, 6.07) is 9.24. The van der Waals surface area contributed by atoms with Gasteiger partial charge in [-0.1, -0.05) is 42.5 Å². The fourth-order valence-electron chi connectivity index (χ4n) is 2.78. The zero-order chi connectivity index (χ0) is 17.5. The number of nitrogens with one attached hydrogen (secondary N) is 1. The van der Waals surface area contributed by atoms with Crippen molar-refractivity contribution in [3.8, 4) is 0 Å². The van der Waals surface area contributed by atoms with E-state index in [0.29, 0.717) is 37.7 Å². The molecule has 1 aliphatic rings. The number of oxazole rings is 1. The molecule has 0 fully saturated rings. The smallest absolute Gasteiger partial charge is 0.222 e. The van der Waals surface area contributed by atoms with Crippen LogP contribution in [0.2, 0.25) is 0 Å². The molecule has 130 valence electrons. The molecule has 1 aromatic heterocycles. The Kier molecular flexibility index (Phi) is 5.90. The van der Waals surface area contributed by atoms with Gasteiger partial charge in [-0.2, -0.15) is 5.48 Å².